The Morgan fingerprint density at radius 3 is 2.88 bits per heavy atom. The molecule has 25 heavy (non-hydrogen) atoms. The molecule has 0 fully saturated rings. The molecule has 1 aliphatic rings. The second-order valence-corrected chi connectivity index (χ2v) is 5.93. The van der Waals surface area contributed by atoms with E-state index in [4.69, 9.17) is 9.47 Å². The minimum atomic E-state index is -0.532. The maximum absolute atomic E-state index is 14.6. The standard InChI is InChI=1S/C19H21FN2O3/c1-4-12-8-15(20)18(21-10-12)14-9-16(19(23)24-5-2)22-17-11(3)25-7-6-13(14)17/h8-11H,4-7H2,1-3H3/t11-/m1/s1. The van der Waals surface area contributed by atoms with Crippen molar-refractivity contribution in [3.05, 3.63) is 46.7 Å². The number of aromatic nitrogens is 2. The van der Waals surface area contributed by atoms with E-state index in [-0.39, 0.29) is 24.1 Å². The highest BCUT2D eigenvalue weighted by Gasteiger charge is 2.26. The summed E-state index contributed by atoms with van der Waals surface area (Å²) in [5, 5.41) is 0. The Morgan fingerprint density at radius 2 is 2.20 bits per heavy atom. The number of rotatable bonds is 4. The van der Waals surface area contributed by atoms with Crippen molar-refractivity contribution in [2.24, 2.45) is 0 Å². The summed E-state index contributed by atoms with van der Waals surface area (Å²) in [5.74, 6) is -0.934. The van der Waals surface area contributed by atoms with E-state index < -0.39 is 11.8 Å². The third-order valence-electron chi connectivity index (χ3n) is 4.31. The van der Waals surface area contributed by atoms with Crippen LogP contribution in [-0.2, 0) is 22.3 Å². The number of pyridine rings is 2. The number of hydrogen-bond acceptors (Lipinski definition) is 5. The van der Waals surface area contributed by atoms with Gasteiger partial charge in [0.2, 0.25) is 0 Å². The van der Waals surface area contributed by atoms with E-state index in [0.29, 0.717) is 30.7 Å². The molecule has 0 aliphatic carbocycles. The smallest absolute Gasteiger partial charge is 0.356 e. The number of fused-ring (bicyclic) bond motifs is 1. The van der Waals surface area contributed by atoms with Crippen molar-refractivity contribution in [3.63, 3.8) is 0 Å². The van der Waals surface area contributed by atoms with Crippen molar-refractivity contribution in [1.29, 1.82) is 0 Å². The number of aryl methyl sites for hydroxylation is 1. The minimum absolute atomic E-state index is 0.147. The lowest BCUT2D eigenvalue weighted by atomic mass is 9.94. The van der Waals surface area contributed by atoms with Gasteiger partial charge in [0.15, 0.2) is 0 Å². The minimum Gasteiger partial charge on any atom is -0.461 e. The number of carbonyl (C=O) groups is 1. The fraction of sp³-hybridized carbons (Fsp3) is 0.421. The molecule has 2 aromatic heterocycles. The van der Waals surface area contributed by atoms with Crippen LogP contribution in [-0.4, -0.2) is 29.2 Å². The van der Waals surface area contributed by atoms with Crippen molar-refractivity contribution < 1.29 is 18.7 Å². The molecular weight excluding hydrogens is 323 g/mol. The molecule has 3 heterocycles. The lowest BCUT2D eigenvalue weighted by Crippen LogP contribution is -2.20. The maximum Gasteiger partial charge on any atom is 0.356 e. The largest absolute Gasteiger partial charge is 0.461 e. The summed E-state index contributed by atoms with van der Waals surface area (Å²) in [4.78, 5) is 20.9. The van der Waals surface area contributed by atoms with Gasteiger partial charge in [-0.2, -0.15) is 0 Å². The molecule has 1 atom stereocenters. The van der Waals surface area contributed by atoms with Crippen LogP contribution in [0.25, 0.3) is 11.3 Å². The molecule has 0 bridgehead atoms. The number of nitrogens with zero attached hydrogens (tertiary/aromatic N) is 2. The number of carbonyl (C=O) groups excluding carboxylic acids is 1. The van der Waals surface area contributed by atoms with Crippen LogP contribution in [0.4, 0.5) is 4.39 Å². The van der Waals surface area contributed by atoms with Gasteiger partial charge < -0.3 is 9.47 Å². The number of ether oxygens (including phenoxy) is 2. The molecule has 2 aromatic rings. The molecule has 0 aromatic carbocycles. The van der Waals surface area contributed by atoms with E-state index >= 15 is 0 Å². The predicted octanol–water partition coefficient (Wildman–Crippen LogP) is 3.66. The molecule has 6 heteroatoms. The molecule has 0 saturated heterocycles. The number of halogens is 1. The first-order chi connectivity index (χ1) is 12.0. The first-order valence-electron chi connectivity index (χ1n) is 8.52. The molecule has 0 saturated carbocycles. The molecule has 1 aliphatic heterocycles. The molecule has 0 unspecified atom stereocenters. The SMILES string of the molecule is CCOC(=O)c1cc(-c2ncc(CC)cc2F)c2c(n1)[C@@H](C)OCC2. The Labute approximate surface area is 146 Å². The van der Waals surface area contributed by atoms with E-state index in [9.17, 15) is 9.18 Å². The molecule has 0 amide bonds. The van der Waals surface area contributed by atoms with E-state index in [2.05, 4.69) is 9.97 Å². The van der Waals surface area contributed by atoms with Gasteiger partial charge in [0.1, 0.15) is 17.2 Å². The first-order valence-corrected chi connectivity index (χ1v) is 8.52. The third-order valence-corrected chi connectivity index (χ3v) is 4.31. The van der Waals surface area contributed by atoms with Crippen LogP contribution in [0.2, 0.25) is 0 Å². The van der Waals surface area contributed by atoms with Gasteiger partial charge in [0.25, 0.3) is 0 Å². The van der Waals surface area contributed by atoms with Gasteiger partial charge in [0.05, 0.1) is 25.0 Å². The summed E-state index contributed by atoms with van der Waals surface area (Å²) in [5.41, 5.74) is 3.31. The molecule has 0 spiro atoms. The van der Waals surface area contributed by atoms with E-state index in [1.54, 1.807) is 19.2 Å². The van der Waals surface area contributed by atoms with E-state index in [1.807, 2.05) is 13.8 Å². The predicted molar refractivity (Wildman–Crippen MR) is 90.8 cm³/mol. The summed E-state index contributed by atoms with van der Waals surface area (Å²) in [7, 11) is 0. The maximum atomic E-state index is 14.6. The van der Waals surface area contributed by atoms with Crippen molar-refractivity contribution >= 4 is 5.97 Å². The number of esters is 1. The normalized spacial score (nSPS) is 16.4. The Bertz CT molecular complexity index is 807. The third kappa shape index (κ3) is 3.39. The van der Waals surface area contributed by atoms with E-state index in [1.165, 1.54) is 6.07 Å². The lowest BCUT2D eigenvalue weighted by Gasteiger charge is -2.25. The van der Waals surface area contributed by atoms with Crippen LogP contribution in [0.15, 0.2) is 18.3 Å². The zero-order valence-electron chi connectivity index (χ0n) is 14.6. The Morgan fingerprint density at radius 1 is 1.40 bits per heavy atom. The van der Waals surface area contributed by atoms with Gasteiger partial charge in [-0.3, -0.25) is 4.98 Å². The average molecular weight is 344 g/mol. The Hall–Kier alpha value is -2.34. The van der Waals surface area contributed by atoms with Crippen molar-refractivity contribution in [2.75, 3.05) is 13.2 Å². The van der Waals surface area contributed by atoms with Crippen molar-refractivity contribution in [2.45, 2.75) is 39.7 Å². The highest BCUT2D eigenvalue weighted by atomic mass is 19.1. The molecule has 0 radical (unpaired) electrons. The fourth-order valence-electron chi connectivity index (χ4n) is 3.00. The average Bonchev–Trinajstić information content (AvgIpc) is 2.61. The molecule has 5 nitrogen and oxygen atoms in total. The molecule has 3 rings (SSSR count). The topological polar surface area (TPSA) is 61.3 Å². The second kappa shape index (κ2) is 7.27. The Balaban J connectivity index is 2.19. The van der Waals surface area contributed by atoms with Gasteiger partial charge in [-0.15, -0.1) is 0 Å². The lowest BCUT2D eigenvalue weighted by molar-refractivity contribution is 0.0483. The van der Waals surface area contributed by atoms with Gasteiger partial charge in [0, 0.05) is 11.8 Å². The highest BCUT2D eigenvalue weighted by molar-refractivity contribution is 5.89. The zero-order chi connectivity index (χ0) is 18.0. The van der Waals surface area contributed by atoms with Gasteiger partial charge >= 0.3 is 5.97 Å². The van der Waals surface area contributed by atoms with Gasteiger partial charge in [-0.1, -0.05) is 6.92 Å². The first kappa shape index (κ1) is 17.5. The molecule has 0 N–H and O–H groups in total. The quantitative estimate of drug-likeness (QED) is 0.792. The summed E-state index contributed by atoms with van der Waals surface area (Å²) in [6.07, 6.45) is 2.70. The van der Waals surface area contributed by atoms with Gasteiger partial charge in [-0.05, 0) is 49.9 Å². The zero-order valence-corrected chi connectivity index (χ0v) is 14.6. The second-order valence-electron chi connectivity index (χ2n) is 5.93. The summed E-state index contributed by atoms with van der Waals surface area (Å²) in [6.45, 7) is 6.32. The summed E-state index contributed by atoms with van der Waals surface area (Å²) in [6, 6.07) is 3.06. The van der Waals surface area contributed by atoms with Crippen LogP contribution < -0.4 is 0 Å². The monoisotopic (exact) mass is 344 g/mol. The Kier molecular flexibility index (Phi) is 5.08. The highest BCUT2D eigenvalue weighted by Crippen LogP contribution is 2.34. The van der Waals surface area contributed by atoms with Crippen LogP contribution >= 0.6 is 0 Å². The van der Waals surface area contributed by atoms with Crippen LogP contribution in [0, 0.1) is 5.82 Å². The van der Waals surface area contributed by atoms with Gasteiger partial charge in [-0.25, -0.2) is 14.2 Å². The fourth-order valence-corrected chi connectivity index (χ4v) is 3.00. The van der Waals surface area contributed by atoms with Crippen LogP contribution in [0.5, 0.6) is 0 Å². The van der Waals surface area contributed by atoms with E-state index in [0.717, 1.165) is 11.1 Å². The van der Waals surface area contributed by atoms with Crippen molar-refractivity contribution in [1.82, 2.24) is 9.97 Å². The number of hydrogen-bond donors (Lipinski definition) is 0. The summed E-state index contributed by atoms with van der Waals surface area (Å²) < 4.78 is 25.3. The molecular formula is C19H21FN2O3. The van der Waals surface area contributed by atoms with Crippen molar-refractivity contribution in [3.8, 4) is 11.3 Å². The summed E-state index contributed by atoms with van der Waals surface area (Å²) >= 11 is 0. The van der Waals surface area contributed by atoms with Crippen LogP contribution in [0.1, 0.15) is 54.2 Å². The molecule has 132 valence electrons. The van der Waals surface area contributed by atoms with Crippen LogP contribution in [0.3, 0.4) is 0 Å².